The molecule has 0 aromatic carbocycles. The molecule has 1 nitrogen and oxygen atoms in total. The fraction of sp³-hybridized carbons (Fsp3) is 0.579. The van der Waals surface area contributed by atoms with Gasteiger partial charge in [0.15, 0.2) is 0 Å². The summed E-state index contributed by atoms with van der Waals surface area (Å²) in [5.41, 5.74) is 2.94. The van der Waals surface area contributed by atoms with E-state index in [1.807, 2.05) is 25.2 Å². The van der Waals surface area contributed by atoms with Crippen LogP contribution in [-0.4, -0.2) is 4.98 Å². The SMILES string of the molecule is CC(C)(C)CCc1cccs1.CCC.Cc1ccc(C)[nH]1. The first-order valence-corrected chi connectivity index (χ1v) is 8.81. The highest BCUT2D eigenvalue weighted by Gasteiger charge is 2.09. The van der Waals surface area contributed by atoms with E-state index in [2.05, 4.69) is 69.2 Å². The van der Waals surface area contributed by atoms with Crippen LogP contribution in [0.4, 0.5) is 0 Å². The third kappa shape index (κ3) is 12.4. The molecule has 0 aliphatic rings. The molecule has 21 heavy (non-hydrogen) atoms. The smallest absolute Gasteiger partial charge is 0.0117 e. The molecular weight excluding hydrogens is 274 g/mol. The van der Waals surface area contributed by atoms with E-state index in [1.54, 1.807) is 0 Å². The minimum atomic E-state index is 0.476. The van der Waals surface area contributed by atoms with Gasteiger partial charge in [-0.15, -0.1) is 11.3 Å². The van der Waals surface area contributed by atoms with Crippen LogP contribution in [0, 0.1) is 19.3 Å². The minimum Gasteiger partial charge on any atom is -0.363 e. The van der Waals surface area contributed by atoms with Gasteiger partial charge >= 0.3 is 0 Å². The maximum absolute atomic E-state index is 3.14. The van der Waals surface area contributed by atoms with Gasteiger partial charge in [-0.25, -0.2) is 0 Å². The molecule has 1 N–H and O–H groups in total. The summed E-state index contributed by atoms with van der Waals surface area (Å²) in [6, 6.07) is 8.48. The monoisotopic (exact) mass is 307 g/mol. The van der Waals surface area contributed by atoms with E-state index in [9.17, 15) is 0 Å². The third-order valence-corrected chi connectivity index (χ3v) is 3.62. The van der Waals surface area contributed by atoms with Gasteiger partial charge in [-0.1, -0.05) is 47.1 Å². The van der Waals surface area contributed by atoms with E-state index < -0.39 is 0 Å². The standard InChI is InChI=1S/C10H16S.C6H9N.C3H8/c1-10(2,3)7-6-9-5-4-8-11-9;1-5-3-4-6(2)7-5;1-3-2/h4-5,8H,6-7H2,1-3H3;3-4,7H,1-2H3;3H2,1-2H3. The molecule has 0 unspecified atom stereocenters. The highest BCUT2D eigenvalue weighted by Crippen LogP contribution is 2.22. The van der Waals surface area contributed by atoms with E-state index in [4.69, 9.17) is 0 Å². The van der Waals surface area contributed by atoms with Crippen molar-refractivity contribution in [2.45, 2.75) is 67.7 Å². The van der Waals surface area contributed by atoms with Gasteiger partial charge in [0.2, 0.25) is 0 Å². The Labute approximate surface area is 135 Å². The van der Waals surface area contributed by atoms with E-state index in [-0.39, 0.29) is 0 Å². The van der Waals surface area contributed by atoms with Crippen LogP contribution in [0.1, 0.15) is 63.7 Å². The van der Waals surface area contributed by atoms with Crippen LogP contribution in [-0.2, 0) is 6.42 Å². The number of aromatic amines is 1. The third-order valence-electron chi connectivity index (χ3n) is 2.68. The molecule has 0 amide bonds. The summed E-state index contributed by atoms with van der Waals surface area (Å²) in [5, 5.41) is 2.15. The number of nitrogens with one attached hydrogen (secondary N) is 1. The highest BCUT2D eigenvalue weighted by atomic mass is 32.1. The molecule has 120 valence electrons. The zero-order valence-electron chi connectivity index (χ0n) is 14.9. The maximum Gasteiger partial charge on any atom is 0.0117 e. The fourth-order valence-corrected chi connectivity index (χ4v) is 2.31. The van der Waals surface area contributed by atoms with Crippen LogP contribution in [0.3, 0.4) is 0 Å². The number of aryl methyl sites for hydroxylation is 3. The van der Waals surface area contributed by atoms with Crippen LogP contribution in [0.5, 0.6) is 0 Å². The summed E-state index contributed by atoms with van der Waals surface area (Å²) in [7, 11) is 0. The van der Waals surface area contributed by atoms with Crippen LogP contribution < -0.4 is 0 Å². The first-order chi connectivity index (χ1) is 9.78. The van der Waals surface area contributed by atoms with E-state index in [0.29, 0.717) is 5.41 Å². The van der Waals surface area contributed by atoms with Gasteiger partial charge in [-0.3, -0.25) is 0 Å². The topological polar surface area (TPSA) is 15.8 Å². The van der Waals surface area contributed by atoms with Crippen molar-refractivity contribution in [3.8, 4) is 0 Å². The predicted molar refractivity (Wildman–Crippen MR) is 98.3 cm³/mol. The average molecular weight is 308 g/mol. The summed E-state index contributed by atoms with van der Waals surface area (Å²) in [4.78, 5) is 4.65. The molecule has 2 heterocycles. The Balaban J connectivity index is 0.000000342. The molecule has 0 saturated carbocycles. The molecule has 0 aliphatic heterocycles. The average Bonchev–Trinajstić information content (AvgIpc) is 2.99. The molecule has 0 bridgehead atoms. The zero-order valence-corrected chi connectivity index (χ0v) is 15.7. The molecule has 0 radical (unpaired) electrons. The second-order valence-corrected chi connectivity index (χ2v) is 7.70. The first kappa shape index (κ1) is 20.0. The lowest BCUT2D eigenvalue weighted by molar-refractivity contribution is 0.379. The lowest BCUT2D eigenvalue weighted by Gasteiger charge is -2.16. The van der Waals surface area contributed by atoms with Gasteiger partial charge in [0.1, 0.15) is 0 Å². The predicted octanol–water partition coefficient (Wildman–Crippen LogP) is 6.77. The highest BCUT2D eigenvalue weighted by molar-refractivity contribution is 7.09. The van der Waals surface area contributed by atoms with Crippen molar-refractivity contribution in [1.29, 1.82) is 0 Å². The Morgan fingerprint density at radius 3 is 1.81 bits per heavy atom. The lowest BCUT2D eigenvalue weighted by atomic mass is 9.90. The second-order valence-electron chi connectivity index (χ2n) is 6.67. The van der Waals surface area contributed by atoms with Gasteiger partial charge in [-0.2, -0.15) is 0 Å². The number of H-pyrrole nitrogens is 1. The summed E-state index contributed by atoms with van der Waals surface area (Å²) >= 11 is 1.86. The van der Waals surface area contributed by atoms with Crippen LogP contribution >= 0.6 is 11.3 Å². The van der Waals surface area contributed by atoms with Gasteiger partial charge < -0.3 is 4.98 Å². The molecule has 2 rings (SSSR count). The van der Waals surface area contributed by atoms with Crippen molar-refractivity contribution in [3.63, 3.8) is 0 Å². The Morgan fingerprint density at radius 2 is 1.52 bits per heavy atom. The number of aromatic nitrogens is 1. The van der Waals surface area contributed by atoms with Crippen LogP contribution in [0.25, 0.3) is 0 Å². The maximum atomic E-state index is 3.14. The Hall–Kier alpha value is -1.02. The number of hydrogen-bond donors (Lipinski definition) is 1. The van der Waals surface area contributed by atoms with E-state index >= 15 is 0 Å². The number of rotatable bonds is 2. The molecule has 2 aromatic rings. The molecular formula is C19H33NS. The van der Waals surface area contributed by atoms with E-state index in [0.717, 1.165) is 0 Å². The Morgan fingerprint density at radius 1 is 1.00 bits per heavy atom. The van der Waals surface area contributed by atoms with Crippen molar-refractivity contribution in [2.75, 3.05) is 0 Å². The molecule has 2 aromatic heterocycles. The molecule has 0 spiro atoms. The molecule has 0 aliphatic carbocycles. The van der Waals surface area contributed by atoms with Gasteiger partial charge in [-0.05, 0) is 55.7 Å². The summed E-state index contributed by atoms with van der Waals surface area (Å²) in [6.45, 7) is 15.2. The fourth-order valence-electron chi connectivity index (χ4n) is 1.60. The van der Waals surface area contributed by atoms with E-state index in [1.165, 1.54) is 35.5 Å². The quantitative estimate of drug-likeness (QED) is 0.629. The number of hydrogen-bond acceptors (Lipinski definition) is 1. The van der Waals surface area contributed by atoms with Gasteiger partial charge in [0.25, 0.3) is 0 Å². The second kappa shape index (κ2) is 10.7. The normalized spacial score (nSPS) is 10.2. The Bertz CT molecular complexity index is 430. The number of thiophene rings is 1. The molecule has 0 atom stereocenters. The molecule has 0 fully saturated rings. The van der Waals surface area contributed by atoms with Crippen LogP contribution in [0.15, 0.2) is 29.6 Å². The van der Waals surface area contributed by atoms with Crippen molar-refractivity contribution in [1.82, 2.24) is 4.98 Å². The molecule has 2 heteroatoms. The summed E-state index contributed by atoms with van der Waals surface area (Å²) in [6.07, 6.45) is 3.77. The van der Waals surface area contributed by atoms with Gasteiger partial charge in [0.05, 0.1) is 0 Å². The Kier molecular flexibility index (Phi) is 10.2. The first-order valence-electron chi connectivity index (χ1n) is 7.93. The summed E-state index contributed by atoms with van der Waals surface area (Å²) in [5.74, 6) is 0. The van der Waals surface area contributed by atoms with Crippen LogP contribution in [0.2, 0.25) is 0 Å². The molecule has 0 saturated heterocycles. The minimum absolute atomic E-state index is 0.476. The van der Waals surface area contributed by atoms with Gasteiger partial charge in [0, 0.05) is 16.3 Å². The van der Waals surface area contributed by atoms with Crippen molar-refractivity contribution >= 4 is 11.3 Å². The largest absolute Gasteiger partial charge is 0.363 e. The van der Waals surface area contributed by atoms with Crippen molar-refractivity contribution < 1.29 is 0 Å². The lowest BCUT2D eigenvalue weighted by Crippen LogP contribution is -2.05. The zero-order chi connectivity index (χ0) is 16.3. The summed E-state index contributed by atoms with van der Waals surface area (Å²) < 4.78 is 0. The van der Waals surface area contributed by atoms with Crippen molar-refractivity contribution in [3.05, 3.63) is 45.9 Å². The van der Waals surface area contributed by atoms with Crippen molar-refractivity contribution in [2.24, 2.45) is 5.41 Å².